The topological polar surface area (TPSA) is 72.0 Å². The molecule has 0 aliphatic carbocycles. The van der Waals surface area contributed by atoms with Crippen LogP contribution in [-0.4, -0.2) is 22.2 Å². The first-order valence-corrected chi connectivity index (χ1v) is 6.15. The lowest BCUT2D eigenvalue weighted by Crippen LogP contribution is -2.07. The molecule has 1 amide bonds. The molecule has 0 aliphatic rings. The van der Waals surface area contributed by atoms with Crippen LogP contribution in [0.2, 0.25) is 5.15 Å². The number of hydrogen-bond donors (Lipinski definition) is 1. The Balaban J connectivity index is 2.37. The molecule has 18 heavy (non-hydrogen) atoms. The fourth-order valence-electron chi connectivity index (χ4n) is 1.32. The highest BCUT2D eigenvalue weighted by atomic mass is 35.5. The Morgan fingerprint density at radius 3 is 2.94 bits per heavy atom. The molecule has 0 aliphatic heterocycles. The summed E-state index contributed by atoms with van der Waals surface area (Å²) >= 11 is 6.99. The zero-order chi connectivity index (χ0) is 13.1. The smallest absolute Gasteiger partial charge is 0.222 e. The van der Waals surface area contributed by atoms with Gasteiger partial charge >= 0.3 is 0 Å². The Morgan fingerprint density at radius 2 is 2.33 bits per heavy atom. The van der Waals surface area contributed by atoms with Gasteiger partial charge in [0.15, 0.2) is 11.4 Å². The van der Waals surface area contributed by atoms with Gasteiger partial charge in [0.1, 0.15) is 15.7 Å². The molecule has 0 fully saturated rings. The predicted octanol–water partition coefficient (Wildman–Crippen LogP) is 2.63. The van der Waals surface area contributed by atoms with Crippen molar-refractivity contribution < 1.29 is 9.59 Å². The van der Waals surface area contributed by atoms with Gasteiger partial charge in [0.05, 0.1) is 0 Å². The summed E-state index contributed by atoms with van der Waals surface area (Å²) in [5.74, 6) is 0.226. The average molecular weight is 282 g/mol. The molecule has 5 nitrogen and oxygen atoms in total. The van der Waals surface area contributed by atoms with Gasteiger partial charge in [0, 0.05) is 18.7 Å². The molecule has 0 unspecified atom stereocenters. The van der Waals surface area contributed by atoms with Gasteiger partial charge in [0.2, 0.25) is 5.91 Å². The van der Waals surface area contributed by atoms with Crippen LogP contribution < -0.4 is 5.32 Å². The number of hydrogen-bond acceptors (Lipinski definition) is 5. The lowest BCUT2D eigenvalue weighted by Gasteiger charge is -2.02. The Labute approximate surface area is 112 Å². The normalized spacial score (nSPS) is 10.1. The minimum Gasteiger partial charge on any atom is -0.311 e. The van der Waals surface area contributed by atoms with E-state index in [1.54, 1.807) is 18.3 Å². The second kappa shape index (κ2) is 5.24. The molecule has 0 saturated carbocycles. The molecule has 2 aromatic heterocycles. The summed E-state index contributed by atoms with van der Waals surface area (Å²) in [7, 11) is 0. The van der Waals surface area contributed by atoms with Gasteiger partial charge in [-0.05, 0) is 12.1 Å². The number of amides is 1. The van der Waals surface area contributed by atoms with Crippen molar-refractivity contribution in [3.05, 3.63) is 28.4 Å². The Bertz CT molecular complexity index is 612. The Morgan fingerprint density at radius 1 is 1.56 bits per heavy atom. The van der Waals surface area contributed by atoms with Crippen LogP contribution in [0.1, 0.15) is 16.6 Å². The highest BCUT2D eigenvalue weighted by Crippen LogP contribution is 2.30. The Hall–Kier alpha value is -1.79. The molecule has 1 N–H and O–H groups in total. The number of aldehydes is 1. The molecule has 92 valence electrons. The van der Waals surface area contributed by atoms with Crippen LogP contribution >= 0.6 is 22.9 Å². The number of pyridine rings is 1. The highest BCUT2D eigenvalue weighted by molar-refractivity contribution is 7.17. The van der Waals surface area contributed by atoms with Crippen LogP contribution in [0.4, 0.5) is 5.82 Å². The minimum atomic E-state index is -0.203. The van der Waals surface area contributed by atoms with Gasteiger partial charge in [-0.3, -0.25) is 9.59 Å². The number of anilines is 1. The fraction of sp³-hybridized carbons (Fsp3) is 0.0909. The zero-order valence-electron chi connectivity index (χ0n) is 9.31. The van der Waals surface area contributed by atoms with Crippen LogP contribution in [0.5, 0.6) is 0 Å². The van der Waals surface area contributed by atoms with Crippen molar-refractivity contribution >= 4 is 40.9 Å². The lowest BCUT2D eigenvalue weighted by atomic mass is 10.3. The number of thiazole rings is 1. The highest BCUT2D eigenvalue weighted by Gasteiger charge is 2.11. The van der Waals surface area contributed by atoms with E-state index >= 15 is 0 Å². The summed E-state index contributed by atoms with van der Waals surface area (Å²) in [6.45, 7) is 1.40. The van der Waals surface area contributed by atoms with E-state index in [4.69, 9.17) is 11.6 Å². The first-order valence-electron chi connectivity index (χ1n) is 4.95. The quantitative estimate of drug-likeness (QED) is 0.878. The second-order valence-electron chi connectivity index (χ2n) is 3.40. The van der Waals surface area contributed by atoms with Gasteiger partial charge in [-0.25, -0.2) is 9.97 Å². The van der Waals surface area contributed by atoms with E-state index in [-0.39, 0.29) is 11.1 Å². The third-order valence-electron chi connectivity index (χ3n) is 2.03. The summed E-state index contributed by atoms with van der Waals surface area (Å²) in [6, 6.07) is 3.40. The summed E-state index contributed by atoms with van der Waals surface area (Å²) in [6.07, 6.45) is 2.22. The molecule has 0 spiro atoms. The molecule has 7 heteroatoms. The van der Waals surface area contributed by atoms with E-state index in [1.165, 1.54) is 18.3 Å². The molecular weight excluding hydrogens is 274 g/mol. The van der Waals surface area contributed by atoms with Crippen LogP contribution in [0.25, 0.3) is 10.6 Å². The van der Waals surface area contributed by atoms with Gasteiger partial charge in [0.25, 0.3) is 0 Å². The van der Waals surface area contributed by atoms with Gasteiger partial charge < -0.3 is 5.32 Å². The first-order chi connectivity index (χ1) is 8.60. The number of carbonyl (C=O) groups is 2. The molecule has 0 radical (unpaired) electrons. The Kier molecular flexibility index (Phi) is 3.69. The number of rotatable bonds is 3. The van der Waals surface area contributed by atoms with Crippen LogP contribution in [0.15, 0.2) is 18.3 Å². The molecule has 0 atom stereocenters. The SMILES string of the molecule is CC(=O)Nc1cc(-c2nc(Cl)c(C=O)s2)ccn1. The number of nitrogens with one attached hydrogen (secondary N) is 1. The van der Waals surface area contributed by atoms with Crippen molar-refractivity contribution in [2.45, 2.75) is 6.92 Å². The third-order valence-corrected chi connectivity index (χ3v) is 3.46. The lowest BCUT2D eigenvalue weighted by molar-refractivity contribution is -0.114. The largest absolute Gasteiger partial charge is 0.311 e. The summed E-state index contributed by atoms with van der Waals surface area (Å²) in [4.78, 5) is 30.1. The molecular formula is C11H8ClN3O2S. The van der Waals surface area contributed by atoms with Gasteiger partial charge in [-0.2, -0.15) is 0 Å². The second-order valence-corrected chi connectivity index (χ2v) is 4.79. The zero-order valence-corrected chi connectivity index (χ0v) is 10.9. The van der Waals surface area contributed by atoms with E-state index in [2.05, 4.69) is 15.3 Å². The maximum atomic E-state index is 10.9. The molecule has 0 bridgehead atoms. The van der Waals surface area contributed by atoms with Crippen molar-refractivity contribution in [3.8, 4) is 10.6 Å². The predicted molar refractivity (Wildman–Crippen MR) is 70.0 cm³/mol. The standard InChI is InChI=1S/C11H8ClN3O2S/c1-6(17)14-9-4-7(2-3-13-9)11-15-10(12)8(5-16)18-11/h2-5H,1H3,(H,13,14,17). The summed E-state index contributed by atoms with van der Waals surface area (Å²) in [5.41, 5.74) is 0.744. The number of carbonyl (C=O) groups excluding carboxylic acids is 2. The third kappa shape index (κ3) is 2.72. The van der Waals surface area contributed by atoms with Crippen LogP contribution in [-0.2, 0) is 4.79 Å². The van der Waals surface area contributed by atoms with Crippen molar-refractivity contribution in [3.63, 3.8) is 0 Å². The van der Waals surface area contributed by atoms with Crippen LogP contribution in [0, 0.1) is 0 Å². The van der Waals surface area contributed by atoms with Crippen molar-refractivity contribution in [2.24, 2.45) is 0 Å². The number of aromatic nitrogens is 2. The van der Waals surface area contributed by atoms with E-state index in [9.17, 15) is 9.59 Å². The van der Waals surface area contributed by atoms with E-state index in [0.717, 1.165) is 5.56 Å². The monoisotopic (exact) mass is 281 g/mol. The molecule has 0 aromatic carbocycles. The van der Waals surface area contributed by atoms with E-state index < -0.39 is 0 Å². The molecule has 2 rings (SSSR count). The maximum Gasteiger partial charge on any atom is 0.222 e. The number of nitrogens with zero attached hydrogens (tertiary/aromatic N) is 2. The fourth-order valence-corrected chi connectivity index (χ4v) is 2.38. The van der Waals surface area contributed by atoms with E-state index in [1.807, 2.05) is 0 Å². The van der Waals surface area contributed by atoms with Crippen molar-refractivity contribution in [1.29, 1.82) is 0 Å². The van der Waals surface area contributed by atoms with Crippen molar-refractivity contribution in [2.75, 3.05) is 5.32 Å². The molecule has 2 aromatic rings. The molecule has 2 heterocycles. The minimum absolute atomic E-state index is 0.183. The summed E-state index contributed by atoms with van der Waals surface area (Å²) < 4.78 is 0. The van der Waals surface area contributed by atoms with E-state index in [0.29, 0.717) is 22.0 Å². The summed E-state index contributed by atoms with van der Waals surface area (Å²) in [5, 5.41) is 3.37. The average Bonchev–Trinajstić information content (AvgIpc) is 2.70. The first kappa shape index (κ1) is 12.7. The number of halogens is 1. The van der Waals surface area contributed by atoms with Crippen LogP contribution in [0.3, 0.4) is 0 Å². The maximum absolute atomic E-state index is 10.9. The van der Waals surface area contributed by atoms with Gasteiger partial charge in [-0.1, -0.05) is 11.6 Å². The van der Waals surface area contributed by atoms with Crippen molar-refractivity contribution in [1.82, 2.24) is 9.97 Å². The molecule has 0 saturated heterocycles. The van der Waals surface area contributed by atoms with Gasteiger partial charge in [-0.15, -0.1) is 11.3 Å².